The SMILES string of the molecule is CNC(CCOCCC1CCC1)C(=O)OC. The molecule has 0 aromatic rings. The number of carbonyl (C=O) groups excluding carboxylic acids is 1. The predicted molar refractivity (Wildman–Crippen MR) is 62.3 cm³/mol. The molecule has 0 aromatic carbocycles. The lowest BCUT2D eigenvalue weighted by atomic mass is 9.83. The summed E-state index contributed by atoms with van der Waals surface area (Å²) < 4.78 is 10.2. The number of hydrogen-bond donors (Lipinski definition) is 1. The predicted octanol–water partition coefficient (Wildman–Crippen LogP) is 1.34. The number of rotatable bonds is 8. The van der Waals surface area contributed by atoms with E-state index in [1.165, 1.54) is 32.8 Å². The number of nitrogens with one attached hydrogen (secondary N) is 1. The van der Waals surface area contributed by atoms with Gasteiger partial charge >= 0.3 is 5.97 Å². The van der Waals surface area contributed by atoms with Crippen LogP contribution in [-0.2, 0) is 14.3 Å². The van der Waals surface area contributed by atoms with Crippen molar-refractivity contribution in [2.45, 2.75) is 38.1 Å². The van der Waals surface area contributed by atoms with E-state index in [0.29, 0.717) is 13.0 Å². The summed E-state index contributed by atoms with van der Waals surface area (Å²) in [5, 5.41) is 2.92. The Morgan fingerprint density at radius 3 is 2.69 bits per heavy atom. The summed E-state index contributed by atoms with van der Waals surface area (Å²) in [5.41, 5.74) is 0. The summed E-state index contributed by atoms with van der Waals surface area (Å²) in [4.78, 5) is 11.2. The third kappa shape index (κ3) is 4.49. The van der Waals surface area contributed by atoms with Gasteiger partial charge in [-0.2, -0.15) is 0 Å². The molecule has 0 bridgehead atoms. The zero-order chi connectivity index (χ0) is 11.8. The van der Waals surface area contributed by atoms with Gasteiger partial charge in [0.1, 0.15) is 6.04 Å². The summed E-state index contributed by atoms with van der Waals surface area (Å²) in [6, 6.07) is -0.242. The van der Waals surface area contributed by atoms with Crippen molar-refractivity contribution in [2.75, 3.05) is 27.4 Å². The molecule has 4 nitrogen and oxygen atoms in total. The van der Waals surface area contributed by atoms with Crippen LogP contribution in [-0.4, -0.2) is 39.4 Å². The van der Waals surface area contributed by atoms with Gasteiger partial charge in [-0.1, -0.05) is 19.3 Å². The smallest absolute Gasteiger partial charge is 0.322 e. The topological polar surface area (TPSA) is 47.6 Å². The summed E-state index contributed by atoms with van der Waals surface area (Å²) in [6.45, 7) is 1.44. The zero-order valence-corrected chi connectivity index (χ0v) is 10.3. The summed E-state index contributed by atoms with van der Waals surface area (Å²) in [5.74, 6) is 0.672. The standard InChI is InChI=1S/C12H23NO3/c1-13-11(12(14)15-2)7-9-16-8-6-10-4-3-5-10/h10-11,13H,3-9H2,1-2H3. The quantitative estimate of drug-likeness (QED) is 0.504. The average molecular weight is 229 g/mol. The van der Waals surface area contributed by atoms with Crippen LogP contribution < -0.4 is 5.32 Å². The molecule has 0 amide bonds. The Hall–Kier alpha value is -0.610. The minimum atomic E-state index is -0.242. The fourth-order valence-corrected chi connectivity index (χ4v) is 1.86. The van der Waals surface area contributed by atoms with Crippen molar-refractivity contribution < 1.29 is 14.3 Å². The second kappa shape index (κ2) is 7.63. The highest BCUT2D eigenvalue weighted by Gasteiger charge is 2.18. The normalized spacial score (nSPS) is 17.9. The number of esters is 1. The number of likely N-dealkylation sites (N-methyl/N-ethyl adjacent to an activating group) is 1. The van der Waals surface area contributed by atoms with Gasteiger partial charge in [-0.05, 0) is 25.8 Å². The third-order valence-electron chi connectivity index (χ3n) is 3.28. The Morgan fingerprint density at radius 1 is 1.44 bits per heavy atom. The van der Waals surface area contributed by atoms with E-state index in [0.717, 1.165) is 12.5 Å². The highest BCUT2D eigenvalue weighted by atomic mass is 16.5. The minimum Gasteiger partial charge on any atom is -0.468 e. The molecule has 0 radical (unpaired) electrons. The van der Waals surface area contributed by atoms with Crippen LogP contribution in [0, 0.1) is 5.92 Å². The molecule has 0 saturated heterocycles. The van der Waals surface area contributed by atoms with Crippen LogP contribution in [0.25, 0.3) is 0 Å². The first-order valence-corrected chi connectivity index (χ1v) is 6.10. The Labute approximate surface area is 97.7 Å². The molecule has 1 aliphatic rings. The lowest BCUT2D eigenvalue weighted by Crippen LogP contribution is -2.36. The van der Waals surface area contributed by atoms with E-state index < -0.39 is 0 Å². The maximum Gasteiger partial charge on any atom is 0.322 e. The number of carbonyl (C=O) groups is 1. The molecule has 0 aromatic heterocycles. The van der Waals surface area contributed by atoms with E-state index in [2.05, 4.69) is 10.1 Å². The molecular weight excluding hydrogens is 206 g/mol. The van der Waals surface area contributed by atoms with E-state index >= 15 is 0 Å². The number of ether oxygens (including phenoxy) is 2. The van der Waals surface area contributed by atoms with Crippen molar-refractivity contribution in [3.63, 3.8) is 0 Å². The van der Waals surface area contributed by atoms with Crippen molar-refractivity contribution in [3.8, 4) is 0 Å². The monoisotopic (exact) mass is 229 g/mol. The first-order chi connectivity index (χ1) is 7.77. The van der Waals surface area contributed by atoms with Crippen molar-refractivity contribution >= 4 is 5.97 Å². The molecule has 1 fully saturated rings. The number of hydrogen-bond acceptors (Lipinski definition) is 4. The summed E-state index contributed by atoms with van der Waals surface area (Å²) in [6.07, 6.45) is 5.96. The van der Waals surface area contributed by atoms with Crippen molar-refractivity contribution in [1.29, 1.82) is 0 Å². The van der Waals surface area contributed by atoms with Crippen LogP contribution >= 0.6 is 0 Å². The van der Waals surface area contributed by atoms with E-state index in [9.17, 15) is 4.79 Å². The highest BCUT2D eigenvalue weighted by molar-refractivity contribution is 5.75. The van der Waals surface area contributed by atoms with Gasteiger partial charge in [0.25, 0.3) is 0 Å². The second-order valence-corrected chi connectivity index (χ2v) is 4.35. The van der Waals surface area contributed by atoms with Crippen LogP contribution in [0.3, 0.4) is 0 Å². The molecule has 1 N–H and O–H groups in total. The van der Waals surface area contributed by atoms with E-state index in [-0.39, 0.29) is 12.0 Å². The molecule has 0 aliphatic heterocycles. The Bertz CT molecular complexity index is 204. The zero-order valence-electron chi connectivity index (χ0n) is 10.3. The fourth-order valence-electron chi connectivity index (χ4n) is 1.86. The van der Waals surface area contributed by atoms with Crippen LogP contribution in [0.5, 0.6) is 0 Å². The van der Waals surface area contributed by atoms with Gasteiger partial charge in [0, 0.05) is 13.2 Å². The molecule has 0 heterocycles. The van der Waals surface area contributed by atoms with Crippen LogP contribution in [0.2, 0.25) is 0 Å². The van der Waals surface area contributed by atoms with Gasteiger partial charge < -0.3 is 14.8 Å². The molecule has 1 rings (SSSR count). The Morgan fingerprint density at radius 2 is 2.19 bits per heavy atom. The van der Waals surface area contributed by atoms with Crippen molar-refractivity contribution in [3.05, 3.63) is 0 Å². The molecule has 4 heteroatoms. The van der Waals surface area contributed by atoms with Gasteiger partial charge in [0.05, 0.1) is 7.11 Å². The Kier molecular flexibility index (Phi) is 6.42. The molecular formula is C12H23NO3. The van der Waals surface area contributed by atoms with E-state index in [4.69, 9.17) is 4.74 Å². The molecule has 1 atom stereocenters. The van der Waals surface area contributed by atoms with E-state index in [1.54, 1.807) is 7.05 Å². The van der Waals surface area contributed by atoms with Crippen molar-refractivity contribution in [2.24, 2.45) is 5.92 Å². The first-order valence-electron chi connectivity index (χ1n) is 6.10. The highest BCUT2D eigenvalue weighted by Crippen LogP contribution is 2.29. The fraction of sp³-hybridized carbons (Fsp3) is 0.917. The Balaban J connectivity index is 1.97. The summed E-state index contributed by atoms with van der Waals surface area (Å²) in [7, 11) is 3.17. The molecule has 1 aliphatic carbocycles. The molecule has 0 spiro atoms. The third-order valence-corrected chi connectivity index (χ3v) is 3.28. The van der Waals surface area contributed by atoms with Crippen LogP contribution in [0.4, 0.5) is 0 Å². The number of methoxy groups -OCH3 is 1. The van der Waals surface area contributed by atoms with Gasteiger partial charge in [0.15, 0.2) is 0 Å². The van der Waals surface area contributed by atoms with Crippen LogP contribution in [0.15, 0.2) is 0 Å². The van der Waals surface area contributed by atoms with Crippen molar-refractivity contribution in [1.82, 2.24) is 5.32 Å². The second-order valence-electron chi connectivity index (χ2n) is 4.35. The van der Waals surface area contributed by atoms with Crippen LogP contribution in [0.1, 0.15) is 32.1 Å². The molecule has 94 valence electrons. The minimum absolute atomic E-state index is 0.218. The maximum atomic E-state index is 11.2. The lowest BCUT2D eigenvalue weighted by Gasteiger charge is -2.25. The average Bonchev–Trinajstić information content (AvgIpc) is 2.25. The maximum absolute atomic E-state index is 11.2. The molecule has 1 unspecified atom stereocenters. The molecule has 1 saturated carbocycles. The summed E-state index contributed by atoms with van der Waals surface area (Å²) >= 11 is 0. The first kappa shape index (κ1) is 13.5. The van der Waals surface area contributed by atoms with Gasteiger partial charge in [-0.15, -0.1) is 0 Å². The lowest BCUT2D eigenvalue weighted by molar-refractivity contribution is -0.143. The largest absolute Gasteiger partial charge is 0.468 e. The van der Waals surface area contributed by atoms with Gasteiger partial charge in [-0.3, -0.25) is 4.79 Å². The van der Waals surface area contributed by atoms with Gasteiger partial charge in [-0.25, -0.2) is 0 Å². The molecule has 16 heavy (non-hydrogen) atoms. The van der Waals surface area contributed by atoms with E-state index in [1.807, 2.05) is 0 Å². The van der Waals surface area contributed by atoms with Gasteiger partial charge in [0.2, 0.25) is 0 Å².